The summed E-state index contributed by atoms with van der Waals surface area (Å²) in [6, 6.07) is 42.8. The van der Waals surface area contributed by atoms with Gasteiger partial charge in [-0.3, -0.25) is 0 Å². The third-order valence-corrected chi connectivity index (χ3v) is 15.2. The number of nitrogens with zero attached hydrogens (tertiary/aromatic N) is 4. The highest BCUT2D eigenvalue weighted by molar-refractivity contribution is 6.15. The SMILES string of the molecule is CC1CC2(C)c3c(cccc3C1(C)C)-n1c3cc4c(cc3c3cccc2c31)c1c(n4C2=CC=CC(c3nc(-c4ccccc4)nc4c3ccc3ccccc34)C2)=CCCC=1. The predicted octanol–water partition coefficient (Wildman–Crippen LogP) is 12.4. The van der Waals surface area contributed by atoms with Crippen molar-refractivity contribution in [2.24, 2.45) is 5.92 Å². The summed E-state index contributed by atoms with van der Waals surface area (Å²) < 4.78 is 5.23. The van der Waals surface area contributed by atoms with Crippen LogP contribution in [0.3, 0.4) is 0 Å². The molecule has 0 spiro atoms. The summed E-state index contributed by atoms with van der Waals surface area (Å²) in [5.74, 6) is 1.41. The fourth-order valence-corrected chi connectivity index (χ4v) is 12.0. The van der Waals surface area contributed by atoms with Gasteiger partial charge in [0, 0.05) is 60.1 Å². The highest BCUT2D eigenvalue weighted by Crippen LogP contribution is 2.58. The molecule has 3 aliphatic carbocycles. The van der Waals surface area contributed by atoms with Crippen molar-refractivity contribution >= 4 is 72.2 Å². The van der Waals surface area contributed by atoms with Crippen LogP contribution in [0.15, 0.2) is 133 Å². The Morgan fingerprint density at radius 1 is 0.667 bits per heavy atom. The average Bonchev–Trinajstić information content (AvgIpc) is 3.79. The van der Waals surface area contributed by atoms with Crippen LogP contribution >= 0.6 is 0 Å². The van der Waals surface area contributed by atoms with Crippen molar-refractivity contribution in [3.8, 4) is 17.1 Å². The maximum atomic E-state index is 5.42. The minimum atomic E-state index is -0.0482. The molecule has 6 aromatic carbocycles. The maximum Gasteiger partial charge on any atom is 0.160 e. The Hall–Kier alpha value is -6.52. The van der Waals surface area contributed by atoms with Crippen molar-refractivity contribution in [1.82, 2.24) is 19.1 Å². The third kappa shape index (κ3) is 4.46. The van der Waals surface area contributed by atoms with Crippen molar-refractivity contribution in [2.75, 3.05) is 0 Å². The summed E-state index contributed by atoms with van der Waals surface area (Å²) in [5.41, 5.74) is 14.3. The van der Waals surface area contributed by atoms with Crippen molar-refractivity contribution in [1.29, 1.82) is 0 Å². The van der Waals surface area contributed by atoms with Crippen molar-refractivity contribution in [3.63, 3.8) is 0 Å². The van der Waals surface area contributed by atoms with E-state index in [0.717, 1.165) is 59.1 Å². The lowest BCUT2D eigenvalue weighted by molar-refractivity contribution is 0.244. The molecule has 290 valence electrons. The first-order chi connectivity index (χ1) is 29.3. The van der Waals surface area contributed by atoms with Crippen LogP contribution in [0.5, 0.6) is 0 Å². The van der Waals surface area contributed by atoms with Gasteiger partial charge >= 0.3 is 0 Å². The molecule has 1 aliphatic heterocycles. The van der Waals surface area contributed by atoms with E-state index in [1.165, 1.54) is 76.7 Å². The average molecular weight is 775 g/mol. The van der Waals surface area contributed by atoms with E-state index in [-0.39, 0.29) is 16.7 Å². The van der Waals surface area contributed by atoms with E-state index >= 15 is 0 Å². The van der Waals surface area contributed by atoms with E-state index in [1.54, 1.807) is 0 Å². The number of para-hydroxylation sites is 1. The molecule has 4 nitrogen and oxygen atoms in total. The van der Waals surface area contributed by atoms with E-state index in [1.807, 2.05) is 0 Å². The lowest BCUT2D eigenvalue weighted by atomic mass is 9.54. The predicted molar refractivity (Wildman–Crippen MR) is 250 cm³/mol. The van der Waals surface area contributed by atoms with Gasteiger partial charge in [0.25, 0.3) is 0 Å². The first-order valence-corrected chi connectivity index (χ1v) is 21.9. The lowest BCUT2D eigenvalue weighted by Crippen LogP contribution is -2.44. The van der Waals surface area contributed by atoms with Crippen LogP contribution < -0.4 is 10.6 Å². The molecule has 0 saturated carbocycles. The van der Waals surface area contributed by atoms with E-state index in [2.05, 4.69) is 182 Å². The zero-order valence-corrected chi connectivity index (χ0v) is 34.6. The fourth-order valence-electron chi connectivity index (χ4n) is 12.0. The number of hydrogen-bond acceptors (Lipinski definition) is 2. The molecule has 4 aliphatic rings. The van der Waals surface area contributed by atoms with Crippen molar-refractivity contribution in [3.05, 3.63) is 166 Å². The number of allylic oxidation sites excluding steroid dienone is 4. The van der Waals surface area contributed by atoms with Gasteiger partial charge in [0.1, 0.15) is 0 Å². The first-order valence-electron chi connectivity index (χ1n) is 21.9. The van der Waals surface area contributed by atoms with Crippen LogP contribution in [-0.2, 0) is 10.8 Å². The standard InChI is InChI=1S/C56H46N4/c1-33-32-56(4)45-24-13-22-40-43-30-42-39-21-10-11-25-46(39)59(48(42)31-49(43)60(53(40)45)47-26-14-23-44(50(47)56)55(33,2)3)37-19-12-18-36(29-37)51-41-28-27-34-15-8-9-20-38(34)52(41)58-54(57-51)35-16-6-5-7-17-35/h5-9,12-28,30-31,33,36H,10-11,29,32H2,1-4H3. The number of rotatable bonds is 3. The van der Waals surface area contributed by atoms with E-state index in [0.29, 0.717) is 5.92 Å². The molecule has 4 heteroatoms. The van der Waals surface area contributed by atoms with Gasteiger partial charge in [-0.15, -0.1) is 0 Å². The molecule has 0 fully saturated rings. The summed E-state index contributed by atoms with van der Waals surface area (Å²) in [6.45, 7) is 9.90. The largest absolute Gasteiger partial charge is 0.313 e. The molecule has 13 rings (SSSR count). The highest BCUT2D eigenvalue weighted by atomic mass is 15.0. The van der Waals surface area contributed by atoms with Gasteiger partial charge in [-0.05, 0) is 83.4 Å². The topological polar surface area (TPSA) is 35.6 Å². The minimum Gasteiger partial charge on any atom is -0.313 e. The lowest BCUT2D eigenvalue weighted by Gasteiger charge is -2.50. The number of aromatic nitrogens is 4. The van der Waals surface area contributed by atoms with Gasteiger partial charge in [0.05, 0.1) is 33.4 Å². The highest BCUT2D eigenvalue weighted by Gasteiger charge is 2.49. The number of hydrogen-bond donors (Lipinski definition) is 0. The van der Waals surface area contributed by atoms with Crippen LogP contribution in [0, 0.1) is 5.92 Å². The zero-order valence-electron chi connectivity index (χ0n) is 34.6. The number of fused-ring (bicyclic) bond motifs is 11. The molecular weight excluding hydrogens is 729 g/mol. The van der Waals surface area contributed by atoms with Crippen LogP contribution in [-0.4, -0.2) is 19.1 Å². The summed E-state index contributed by atoms with van der Waals surface area (Å²) >= 11 is 0. The smallest absolute Gasteiger partial charge is 0.160 e. The molecule has 3 unspecified atom stereocenters. The Labute approximate surface area is 349 Å². The summed E-state index contributed by atoms with van der Waals surface area (Å²) in [5, 5.41) is 10.2. The maximum absolute atomic E-state index is 5.42. The van der Waals surface area contributed by atoms with E-state index < -0.39 is 0 Å². The summed E-state index contributed by atoms with van der Waals surface area (Å²) in [7, 11) is 0. The van der Waals surface area contributed by atoms with Crippen LogP contribution in [0.1, 0.15) is 81.7 Å². The van der Waals surface area contributed by atoms with Crippen LogP contribution in [0.25, 0.3) is 89.3 Å². The van der Waals surface area contributed by atoms with Crippen molar-refractivity contribution in [2.45, 2.75) is 70.1 Å². The minimum absolute atomic E-state index is 0.0482. The molecule has 0 amide bonds. The Bertz CT molecular complexity index is 3560. The molecule has 0 N–H and O–H groups in total. The zero-order chi connectivity index (χ0) is 40.1. The first kappa shape index (κ1) is 34.4. The summed E-state index contributed by atoms with van der Waals surface area (Å²) in [4.78, 5) is 10.7. The molecule has 4 heterocycles. The van der Waals surface area contributed by atoms with Gasteiger partial charge < -0.3 is 9.13 Å². The molecule has 9 aromatic rings. The summed E-state index contributed by atoms with van der Waals surface area (Å²) in [6.07, 6.45) is 16.0. The second-order valence-corrected chi connectivity index (χ2v) is 18.7. The second kappa shape index (κ2) is 12.0. The molecule has 3 atom stereocenters. The van der Waals surface area contributed by atoms with Gasteiger partial charge in [-0.1, -0.05) is 149 Å². The second-order valence-electron chi connectivity index (χ2n) is 18.7. The van der Waals surface area contributed by atoms with Gasteiger partial charge in [0.2, 0.25) is 0 Å². The van der Waals surface area contributed by atoms with Gasteiger partial charge in [-0.25, -0.2) is 9.97 Å². The van der Waals surface area contributed by atoms with E-state index in [9.17, 15) is 0 Å². The number of benzene rings is 6. The molecule has 60 heavy (non-hydrogen) atoms. The Balaban J connectivity index is 1.04. The molecule has 0 saturated heterocycles. The van der Waals surface area contributed by atoms with Gasteiger partial charge in [-0.2, -0.15) is 0 Å². The monoisotopic (exact) mass is 774 g/mol. The van der Waals surface area contributed by atoms with Crippen molar-refractivity contribution < 1.29 is 0 Å². The van der Waals surface area contributed by atoms with Crippen LogP contribution in [0.4, 0.5) is 0 Å². The Morgan fingerprint density at radius 3 is 2.35 bits per heavy atom. The molecule has 3 aromatic heterocycles. The van der Waals surface area contributed by atoms with E-state index in [4.69, 9.17) is 9.97 Å². The third-order valence-electron chi connectivity index (χ3n) is 15.2. The quantitative estimate of drug-likeness (QED) is 0.168. The normalized spacial score (nSPS) is 21.2. The van der Waals surface area contributed by atoms with Gasteiger partial charge in [0.15, 0.2) is 5.82 Å². The Kier molecular flexibility index (Phi) is 6.89. The van der Waals surface area contributed by atoms with Crippen LogP contribution in [0.2, 0.25) is 0 Å². The Morgan fingerprint density at radius 2 is 1.45 bits per heavy atom. The molecular formula is C56H46N4. The molecule has 0 radical (unpaired) electrons. The molecule has 0 bridgehead atoms. The fraction of sp³-hybridized carbons (Fsp3) is 0.214.